The van der Waals surface area contributed by atoms with E-state index < -0.39 is 10.0 Å². The number of hydrogen-bond donors (Lipinski definition) is 1. The van der Waals surface area contributed by atoms with Crippen molar-refractivity contribution in [1.29, 1.82) is 0 Å². The number of sulfonamides is 1. The fourth-order valence-electron chi connectivity index (χ4n) is 1.89. The molecule has 1 unspecified atom stereocenters. The summed E-state index contributed by atoms with van der Waals surface area (Å²) < 4.78 is 25.8. The lowest BCUT2D eigenvalue weighted by Gasteiger charge is -2.31. The Balaban J connectivity index is 2.61. The molecule has 1 saturated heterocycles. The molecule has 1 aliphatic heterocycles. The van der Waals surface area contributed by atoms with Crippen LogP contribution in [0.5, 0.6) is 0 Å². The quantitative estimate of drug-likeness (QED) is 0.777. The van der Waals surface area contributed by atoms with Crippen LogP contribution >= 0.6 is 0 Å². The van der Waals surface area contributed by atoms with Gasteiger partial charge in [-0.3, -0.25) is 0 Å². The Bertz CT molecular complexity index is 282. The molecule has 1 heterocycles. The van der Waals surface area contributed by atoms with E-state index in [1.54, 1.807) is 18.3 Å². The minimum Gasteiger partial charge on any atom is -0.318 e. The highest BCUT2D eigenvalue weighted by Crippen LogP contribution is 2.20. The summed E-state index contributed by atoms with van der Waals surface area (Å²) in [5, 5.41) is 2.59. The molecule has 5 heteroatoms. The third-order valence-electron chi connectivity index (χ3n) is 3.10. The van der Waals surface area contributed by atoms with Crippen molar-refractivity contribution in [2.45, 2.75) is 31.9 Å². The van der Waals surface area contributed by atoms with Crippen LogP contribution in [0.3, 0.4) is 0 Å². The molecule has 1 fully saturated rings. The Kier molecular flexibility index (Phi) is 4.55. The molecule has 0 radical (unpaired) electrons. The van der Waals surface area contributed by atoms with Crippen LogP contribution in [-0.4, -0.2) is 44.7 Å². The predicted molar refractivity (Wildman–Crippen MR) is 62.3 cm³/mol. The predicted octanol–water partition coefficient (Wildman–Crippen LogP) is 0.656. The molecule has 0 aromatic carbocycles. The molecule has 1 N–H and O–H groups in total. The third-order valence-corrected chi connectivity index (χ3v) is 5.37. The van der Waals surface area contributed by atoms with Gasteiger partial charge in [0.1, 0.15) is 0 Å². The van der Waals surface area contributed by atoms with Gasteiger partial charge >= 0.3 is 0 Å². The van der Waals surface area contributed by atoms with Crippen molar-refractivity contribution in [2.75, 3.05) is 26.7 Å². The molecule has 0 aromatic heterocycles. The van der Waals surface area contributed by atoms with Crippen molar-refractivity contribution >= 4 is 10.0 Å². The molecular formula is C10H22N2O2S. The van der Waals surface area contributed by atoms with E-state index in [0.29, 0.717) is 25.6 Å². The van der Waals surface area contributed by atoms with Gasteiger partial charge in [0, 0.05) is 19.6 Å². The van der Waals surface area contributed by atoms with E-state index in [0.717, 1.165) is 12.8 Å². The van der Waals surface area contributed by atoms with Gasteiger partial charge in [0.15, 0.2) is 0 Å². The Morgan fingerprint density at radius 3 is 2.40 bits per heavy atom. The number of hydrogen-bond acceptors (Lipinski definition) is 3. The van der Waals surface area contributed by atoms with E-state index in [2.05, 4.69) is 12.2 Å². The van der Waals surface area contributed by atoms with E-state index in [1.807, 2.05) is 0 Å². The number of nitrogens with one attached hydrogen (secondary N) is 1. The van der Waals surface area contributed by atoms with Gasteiger partial charge in [0.25, 0.3) is 0 Å². The Morgan fingerprint density at radius 2 is 1.93 bits per heavy atom. The zero-order valence-electron chi connectivity index (χ0n) is 9.86. The molecule has 90 valence electrons. The van der Waals surface area contributed by atoms with Crippen LogP contribution in [0.25, 0.3) is 0 Å². The average molecular weight is 234 g/mol. The van der Waals surface area contributed by atoms with Crippen molar-refractivity contribution in [1.82, 2.24) is 9.62 Å². The SMILES string of the molecule is CNCC(C)S(=O)(=O)N1CCC(C)CC1. The topological polar surface area (TPSA) is 49.4 Å². The normalized spacial score (nSPS) is 22.9. The van der Waals surface area contributed by atoms with Crippen LogP contribution in [0.2, 0.25) is 0 Å². The summed E-state index contributed by atoms with van der Waals surface area (Å²) in [6, 6.07) is 0. The van der Waals surface area contributed by atoms with Gasteiger partial charge in [-0.05, 0) is 32.7 Å². The van der Waals surface area contributed by atoms with Crippen molar-refractivity contribution in [3.8, 4) is 0 Å². The Labute approximate surface area is 93.1 Å². The molecule has 0 aliphatic carbocycles. The van der Waals surface area contributed by atoms with Gasteiger partial charge in [0.05, 0.1) is 5.25 Å². The molecule has 0 aromatic rings. The molecule has 0 spiro atoms. The number of rotatable bonds is 4. The number of nitrogens with zero attached hydrogens (tertiary/aromatic N) is 1. The van der Waals surface area contributed by atoms with Gasteiger partial charge in [-0.1, -0.05) is 6.92 Å². The first-order valence-corrected chi connectivity index (χ1v) is 7.12. The van der Waals surface area contributed by atoms with Crippen LogP contribution in [0, 0.1) is 5.92 Å². The minimum absolute atomic E-state index is 0.323. The highest BCUT2D eigenvalue weighted by molar-refractivity contribution is 7.89. The highest BCUT2D eigenvalue weighted by atomic mass is 32.2. The molecule has 1 rings (SSSR count). The maximum absolute atomic E-state index is 12.1. The van der Waals surface area contributed by atoms with Crippen LogP contribution in [0.15, 0.2) is 0 Å². The van der Waals surface area contributed by atoms with Gasteiger partial charge < -0.3 is 5.32 Å². The maximum Gasteiger partial charge on any atom is 0.217 e. The first-order chi connectivity index (χ1) is 6.98. The summed E-state index contributed by atoms with van der Waals surface area (Å²) in [5.74, 6) is 0.663. The molecule has 0 amide bonds. The van der Waals surface area contributed by atoms with Crippen molar-refractivity contribution < 1.29 is 8.42 Å². The second-order valence-electron chi connectivity index (χ2n) is 4.49. The smallest absolute Gasteiger partial charge is 0.217 e. The van der Waals surface area contributed by atoms with Gasteiger partial charge in [-0.15, -0.1) is 0 Å². The van der Waals surface area contributed by atoms with Gasteiger partial charge in [-0.25, -0.2) is 12.7 Å². The fourth-order valence-corrected chi connectivity index (χ4v) is 3.49. The summed E-state index contributed by atoms with van der Waals surface area (Å²) in [6.45, 7) is 5.86. The van der Waals surface area contributed by atoms with Gasteiger partial charge in [-0.2, -0.15) is 0 Å². The van der Waals surface area contributed by atoms with E-state index in [4.69, 9.17) is 0 Å². The monoisotopic (exact) mass is 234 g/mol. The van der Waals surface area contributed by atoms with Gasteiger partial charge in [0.2, 0.25) is 10.0 Å². The Morgan fingerprint density at radius 1 is 1.40 bits per heavy atom. The molecule has 1 aliphatic rings. The van der Waals surface area contributed by atoms with E-state index in [1.165, 1.54) is 0 Å². The minimum atomic E-state index is -3.08. The first kappa shape index (κ1) is 12.9. The summed E-state index contributed by atoms with van der Waals surface area (Å²) in [4.78, 5) is 0. The lowest BCUT2D eigenvalue weighted by molar-refractivity contribution is 0.285. The van der Waals surface area contributed by atoms with E-state index in [9.17, 15) is 8.42 Å². The van der Waals surface area contributed by atoms with E-state index in [-0.39, 0.29) is 5.25 Å². The fraction of sp³-hybridized carbons (Fsp3) is 1.00. The molecule has 0 saturated carbocycles. The zero-order valence-corrected chi connectivity index (χ0v) is 10.7. The average Bonchev–Trinajstić information content (AvgIpc) is 2.18. The summed E-state index contributed by atoms with van der Waals surface area (Å²) in [7, 11) is -1.29. The lowest BCUT2D eigenvalue weighted by atomic mass is 10.0. The highest BCUT2D eigenvalue weighted by Gasteiger charge is 2.30. The van der Waals surface area contributed by atoms with E-state index >= 15 is 0 Å². The van der Waals surface area contributed by atoms with Crippen LogP contribution in [0.4, 0.5) is 0 Å². The Hall–Kier alpha value is -0.130. The molecule has 1 atom stereocenters. The van der Waals surface area contributed by atoms with Crippen molar-refractivity contribution in [3.05, 3.63) is 0 Å². The summed E-state index contributed by atoms with van der Waals surface area (Å²) in [5.41, 5.74) is 0. The molecular weight excluding hydrogens is 212 g/mol. The van der Waals surface area contributed by atoms with Crippen LogP contribution in [-0.2, 0) is 10.0 Å². The van der Waals surface area contributed by atoms with Crippen molar-refractivity contribution in [2.24, 2.45) is 5.92 Å². The first-order valence-electron chi connectivity index (χ1n) is 5.62. The molecule has 4 nitrogen and oxygen atoms in total. The largest absolute Gasteiger partial charge is 0.318 e. The molecule has 0 bridgehead atoms. The second kappa shape index (κ2) is 5.27. The second-order valence-corrected chi connectivity index (χ2v) is 6.85. The standard InChI is InChI=1S/C10H22N2O2S/c1-9-4-6-12(7-5-9)15(13,14)10(2)8-11-3/h9-11H,4-8H2,1-3H3. The maximum atomic E-state index is 12.1. The third kappa shape index (κ3) is 3.16. The summed E-state index contributed by atoms with van der Waals surface area (Å²) in [6.07, 6.45) is 1.98. The molecule has 15 heavy (non-hydrogen) atoms. The van der Waals surface area contributed by atoms with Crippen LogP contribution < -0.4 is 5.32 Å². The van der Waals surface area contributed by atoms with Crippen LogP contribution in [0.1, 0.15) is 26.7 Å². The summed E-state index contributed by atoms with van der Waals surface area (Å²) >= 11 is 0. The lowest BCUT2D eigenvalue weighted by Crippen LogP contribution is -2.44. The van der Waals surface area contributed by atoms with Crippen molar-refractivity contribution in [3.63, 3.8) is 0 Å². The number of piperidine rings is 1. The zero-order chi connectivity index (χ0) is 11.5.